The van der Waals surface area contributed by atoms with Gasteiger partial charge in [0.05, 0.1) is 6.61 Å². The Balaban J connectivity index is 2.33. The quantitative estimate of drug-likeness (QED) is 0.823. The minimum Gasteiger partial charge on any atom is -0.494 e. The standard InChI is InChI=1S/C15H18N2O2S/c1-3-18-10-14-16-13(9-15(20)17-14)11-6-5-7-12(8-11)19-4-2/h5-9H,3-4,10H2,1-2H3,(H,16,17,20). The second kappa shape index (κ2) is 7.17. The van der Waals surface area contributed by atoms with Crippen molar-refractivity contribution < 1.29 is 9.47 Å². The number of rotatable bonds is 6. The molecular weight excluding hydrogens is 272 g/mol. The molecule has 0 saturated carbocycles. The minimum absolute atomic E-state index is 0.430. The molecule has 1 N–H and O–H groups in total. The molecule has 2 rings (SSSR count). The molecule has 1 aromatic heterocycles. The van der Waals surface area contributed by atoms with Gasteiger partial charge in [-0.15, -0.1) is 0 Å². The maximum atomic E-state index is 5.51. The number of hydrogen-bond acceptors (Lipinski definition) is 4. The summed E-state index contributed by atoms with van der Waals surface area (Å²) in [5.74, 6) is 1.57. The first kappa shape index (κ1) is 14.7. The molecule has 0 radical (unpaired) electrons. The molecule has 1 heterocycles. The first-order chi connectivity index (χ1) is 9.72. The SMILES string of the molecule is CCOCc1nc(=S)cc(-c2cccc(OCC)c2)[nH]1. The number of benzene rings is 1. The fourth-order valence-corrected chi connectivity index (χ4v) is 2.08. The maximum absolute atomic E-state index is 5.51. The fraction of sp³-hybridized carbons (Fsp3) is 0.333. The van der Waals surface area contributed by atoms with E-state index >= 15 is 0 Å². The topological polar surface area (TPSA) is 47.1 Å². The van der Waals surface area contributed by atoms with Crippen LogP contribution in [0.5, 0.6) is 5.75 Å². The highest BCUT2D eigenvalue weighted by atomic mass is 32.1. The summed E-state index contributed by atoms with van der Waals surface area (Å²) in [7, 11) is 0. The van der Waals surface area contributed by atoms with Crippen molar-refractivity contribution in [2.24, 2.45) is 0 Å². The van der Waals surface area contributed by atoms with Crippen LogP contribution in [0, 0.1) is 4.64 Å². The average Bonchev–Trinajstić information content (AvgIpc) is 2.45. The van der Waals surface area contributed by atoms with Crippen molar-refractivity contribution in [3.05, 3.63) is 40.8 Å². The summed E-state index contributed by atoms with van der Waals surface area (Å²) >= 11 is 5.20. The Hall–Kier alpha value is -1.72. The highest BCUT2D eigenvalue weighted by Gasteiger charge is 2.04. The Morgan fingerprint density at radius 1 is 1.20 bits per heavy atom. The van der Waals surface area contributed by atoms with Crippen LogP contribution >= 0.6 is 12.2 Å². The van der Waals surface area contributed by atoms with Crippen LogP contribution in [0.1, 0.15) is 19.7 Å². The number of H-pyrrole nitrogens is 1. The highest BCUT2D eigenvalue weighted by molar-refractivity contribution is 7.71. The monoisotopic (exact) mass is 290 g/mol. The van der Waals surface area contributed by atoms with Crippen molar-refractivity contribution in [3.63, 3.8) is 0 Å². The predicted molar refractivity (Wildman–Crippen MR) is 81.4 cm³/mol. The van der Waals surface area contributed by atoms with E-state index in [1.807, 2.05) is 44.2 Å². The van der Waals surface area contributed by atoms with Gasteiger partial charge in [-0.2, -0.15) is 0 Å². The molecule has 4 nitrogen and oxygen atoms in total. The third-order valence-corrected chi connectivity index (χ3v) is 2.90. The molecule has 0 amide bonds. The van der Waals surface area contributed by atoms with Crippen molar-refractivity contribution in [2.75, 3.05) is 13.2 Å². The second-order valence-corrected chi connectivity index (χ2v) is 4.60. The number of hydrogen-bond donors (Lipinski definition) is 1. The van der Waals surface area contributed by atoms with Crippen molar-refractivity contribution >= 4 is 12.2 Å². The smallest absolute Gasteiger partial charge is 0.134 e. The molecule has 106 valence electrons. The summed E-state index contributed by atoms with van der Waals surface area (Å²) in [5.41, 5.74) is 1.93. The molecule has 0 unspecified atom stereocenters. The number of aromatic amines is 1. The molecule has 2 aromatic rings. The van der Waals surface area contributed by atoms with Crippen LogP contribution in [0.4, 0.5) is 0 Å². The largest absolute Gasteiger partial charge is 0.494 e. The summed E-state index contributed by atoms with van der Waals surface area (Å²) in [6.07, 6.45) is 0. The lowest BCUT2D eigenvalue weighted by molar-refractivity contribution is 0.128. The first-order valence-corrected chi connectivity index (χ1v) is 7.05. The van der Waals surface area contributed by atoms with Gasteiger partial charge in [0, 0.05) is 17.9 Å². The summed E-state index contributed by atoms with van der Waals surface area (Å²) in [5, 5.41) is 0. The molecule has 0 bridgehead atoms. The van der Waals surface area contributed by atoms with E-state index in [4.69, 9.17) is 21.7 Å². The first-order valence-electron chi connectivity index (χ1n) is 6.64. The molecule has 0 spiro atoms. The van der Waals surface area contributed by atoms with E-state index in [2.05, 4.69) is 9.97 Å². The molecule has 0 aliphatic carbocycles. The van der Waals surface area contributed by atoms with E-state index in [1.165, 1.54) is 0 Å². The summed E-state index contributed by atoms with van der Waals surface area (Å²) in [4.78, 5) is 7.51. The summed E-state index contributed by atoms with van der Waals surface area (Å²) < 4.78 is 11.4. The number of ether oxygens (including phenoxy) is 2. The second-order valence-electron chi connectivity index (χ2n) is 4.18. The van der Waals surface area contributed by atoms with E-state index in [0.29, 0.717) is 24.5 Å². The third-order valence-electron chi connectivity index (χ3n) is 2.69. The number of nitrogens with zero attached hydrogens (tertiary/aromatic N) is 1. The lowest BCUT2D eigenvalue weighted by Gasteiger charge is -2.08. The van der Waals surface area contributed by atoms with Crippen LogP contribution < -0.4 is 4.74 Å². The summed E-state index contributed by atoms with van der Waals surface area (Å²) in [6, 6.07) is 9.72. The van der Waals surface area contributed by atoms with E-state index in [9.17, 15) is 0 Å². The molecule has 20 heavy (non-hydrogen) atoms. The molecule has 1 aromatic carbocycles. The molecule has 0 fully saturated rings. The highest BCUT2D eigenvalue weighted by Crippen LogP contribution is 2.22. The van der Waals surface area contributed by atoms with Crippen LogP contribution in [0.2, 0.25) is 0 Å². The molecule has 0 atom stereocenters. The van der Waals surface area contributed by atoms with Gasteiger partial charge in [-0.25, -0.2) is 4.98 Å². The Morgan fingerprint density at radius 3 is 2.80 bits per heavy atom. The van der Waals surface area contributed by atoms with Crippen LogP contribution in [0.25, 0.3) is 11.3 Å². The lowest BCUT2D eigenvalue weighted by Crippen LogP contribution is -2.00. The van der Waals surface area contributed by atoms with Gasteiger partial charge in [-0.05, 0) is 32.0 Å². The van der Waals surface area contributed by atoms with Crippen molar-refractivity contribution in [1.82, 2.24) is 9.97 Å². The number of aromatic nitrogens is 2. The minimum atomic E-state index is 0.430. The zero-order chi connectivity index (χ0) is 14.4. The van der Waals surface area contributed by atoms with Gasteiger partial charge >= 0.3 is 0 Å². The van der Waals surface area contributed by atoms with Crippen molar-refractivity contribution in [3.8, 4) is 17.0 Å². The summed E-state index contributed by atoms with van der Waals surface area (Å²) in [6.45, 7) is 5.63. The van der Waals surface area contributed by atoms with Crippen LogP contribution in [-0.2, 0) is 11.3 Å². The zero-order valence-electron chi connectivity index (χ0n) is 11.7. The van der Waals surface area contributed by atoms with Gasteiger partial charge in [0.15, 0.2) is 0 Å². The Morgan fingerprint density at radius 2 is 2.05 bits per heavy atom. The van der Waals surface area contributed by atoms with Crippen molar-refractivity contribution in [1.29, 1.82) is 0 Å². The molecule has 0 aliphatic rings. The third kappa shape index (κ3) is 3.88. The van der Waals surface area contributed by atoms with Gasteiger partial charge in [0.1, 0.15) is 22.8 Å². The lowest BCUT2D eigenvalue weighted by atomic mass is 10.1. The molecule has 0 saturated heterocycles. The Bertz CT molecular complexity index is 625. The number of nitrogens with one attached hydrogen (secondary N) is 1. The normalized spacial score (nSPS) is 10.5. The molecule has 0 aliphatic heterocycles. The van der Waals surface area contributed by atoms with E-state index in [-0.39, 0.29) is 0 Å². The van der Waals surface area contributed by atoms with E-state index in [1.54, 1.807) is 0 Å². The maximum Gasteiger partial charge on any atom is 0.134 e. The van der Waals surface area contributed by atoms with Gasteiger partial charge in [-0.3, -0.25) is 0 Å². The molecule has 5 heteroatoms. The predicted octanol–water partition coefficient (Wildman–Crippen LogP) is 3.74. The Kier molecular flexibility index (Phi) is 5.26. The van der Waals surface area contributed by atoms with Crippen LogP contribution in [0.3, 0.4) is 0 Å². The van der Waals surface area contributed by atoms with Gasteiger partial charge in [-0.1, -0.05) is 24.4 Å². The average molecular weight is 290 g/mol. The molecular formula is C15H18N2O2S. The zero-order valence-corrected chi connectivity index (χ0v) is 12.5. The van der Waals surface area contributed by atoms with Gasteiger partial charge < -0.3 is 14.5 Å². The Labute approximate surface area is 123 Å². The van der Waals surface area contributed by atoms with Gasteiger partial charge in [0.25, 0.3) is 0 Å². The van der Waals surface area contributed by atoms with Gasteiger partial charge in [0.2, 0.25) is 0 Å². The van der Waals surface area contributed by atoms with E-state index in [0.717, 1.165) is 22.8 Å². The fourth-order valence-electron chi connectivity index (χ4n) is 1.85. The van der Waals surface area contributed by atoms with Crippen molar-refractivity contribution in [2.45, 2.75) is 20.5 Å². The van der Waals surface area contributed by atoms with Crippen LogP contribution in [0.15, 0.2) is 30.3 Å². The van der Waals surface area contributed by atoms with Crippen LogP contribution in [-0.4, -0.2) is 23.2 Å². The van der Waals surface area contributed by atoms with E-state index < -0.39 is 0 Å².